The van der Waals surface area contributed by atoms with Crippen LogP contribution in [-0.4, -0.2) is 46.4 Å². The molecule has 7 heteroatoms. The summed E-state index contributed by atoms with van der Waals surface area (Å²) < 4.78 is 5.01. The van der Waals surface area contributed by atoms with E-state index in [1.807, 2.05) is 0 Å². The lowest BCUT2D eigenvalue weighted by atomic mass is 10.0. The Balaban J connectivity index is 2.28. The van der Waals surface area contributed by atoms with Gasteiger partial charge in [0.2, 0.25) is 0 Å². The van der Waals surface area contributed by atoms with Crippen LogP contribution < -0.4 is 0 Å². The first kappa shape index (κ1) is 16.9. The fourth-order valence-electron chi connectivity index (χ4n) is 1.97. The average molecular weight is 297 g/mol. The molecule has 0 spiro atoms. The molecule has 0 fully saturated rings. The predicted octanol–water partition coefficient (Wildman–Crippen LogP) is 0.734. The molecule has 1 aliphatic heterocycles. The van der Waals surface area contributed by atoms with E-state index >= 15 is 0 Å². The highest BCUT2D eigenvalue weighted by atomic mass is 16.5. The number of rotatable bonds is 8. The van der Waals surface area contributed by atoms with Gasteiger partial charge in [-0.1, -0.05) is 6.92 Å². The Morgan fingerprint density at radius 2 is 1.81 bits per heavy atom. The third-order valence-electron chi connectivity index (χ3n) is 3.13. The molecule has 116 valence electrons. The fourth-order valence-corrected chi connectivity index (χ4v) is 1.97. The molecule has 1 rings (SSSR count). The van der Waals surface area contributed by atoms with Crippen LogP contribution in [0.5, 0.6) is 0 Å². The number of hydrogen-bond donors (Lipinski definition) is 1. The Morgan fingerprint density at radius 3 is 2.33 bits per heavy atom. The van der Waals surface area contributed by atoms with Crippen LogP contribution in [0.3, 0.4) is 0 Å². The molecule has 0 bridgehead atoms. The molecule has 1 heterocycles. The topological polar surface area (TPSA) is 101 Å². The average Bonchev–Trinajstić information content (AvgIpc) is 2.72. The summed E-state index contributed by atoms with van der Waals surface area (Å²) >= 11 is 0. The first-order valence-electron chi connectivity index (χ1n) is 6.74. The van der Waals surface area contributed by atoms with E-state index in [1.165, 1.54) is 12.2 Å². The summed E-state index contributed by atoms with van der Waals surface area (Å²) in [5.41, 5.74) is 0. The Labute approximate surface area is 122 Å². The van der Waals surface area contributed by atoms with Crippen LogP contribution >= 0.6 is 0 Å². The van der Waals surface area contributed by atoms with Gasteiger partial charge in [0.05, 0.1) is 6.04 Å². The van der Waals surface area contributed by atoms with Crippen molar-refractivity contribution >= 4 is 23.8 Å². The Hall–Kier alpha value is -2.18. The number of hydrogen-bond acceptors (Lipinski definition) is 5. The Bertz CT molecular complexity index is 452. The monoisotopic (exact) mass is 297 g/mol. The Morgan fingerprint density at radius 1 is 1.24 bits per heavy atom. The van der Waals surface area contributed by atoms with Crippen LogP contribution in [0.4, 0.5) is 0 Å². The second-order valence-electron chi connectivity index (χ2n) is 5.15. The molecule has 0 aromatic rings. The van der Waals surface area contributed by atoms with E-state index < -0.39 is 29.8 Å². The molecule has 7 nitrogen and oxygen atoms in total. The zero-order valence-electron chi connectivity index (χ0n) is 12.1. The van der Waals surface area contributed by atoms with E-state index in [0.717, 1.165) is 4.90 Å². The minimum Gasteiger partial charge on any atom is -0.481 e. The second kappa shape index (κ2) is 7.56. The van der Waals surface area contributed by atoms with Crippen molar-refractivity contribution in [2.24, 2.45) is 5.92 Å². The third kappa shape index (κ3) is 5.37. The summed E-state index contributed by atoms with van der Waals surface area (Å²) in [4.78, 5) is 45.9. The van der Waals surface area contributed by atoms with E-state index in [-0.39, 0.29) is 25.4 Å². The summed E-state index contributed by atoms with van der Waals surface area (Å²) in [5, 5.41) is 8.60. The number of esters is 1. The van der Waals surface area contributed by atoms with Crippen molar-refractivity contribution in [3.63, 3.8) is 0 Å². The summed E-state index contributed by atoms with van der Waals surface area (Å²) in [6, 6.07) is -0.527. The number of nitrogens with zero attached hydrogens (tertiary/aromatic N) is 1. The van der Waals surface area contributed by atoms with Crippen molar-refractivity contribution in [3.8, 4) is 0 Å². The van der Waals surface area contributed by atoms with Crippen LogP contribution in [0.15, 0.2) is 12.2 Å². The van der Waals surface area contributed by atoms with Gasteiger partial charge in [-0.3, -0.25) is 24.1 Å². The fraction of sp³-hybridized carbons (Fsp3) is 0.571. The maximum atomic E-state index is 11.5. The molecule has 0 aromatic heterocycles. The van der Waals surface area contributed by atoms with Crippen molar-refractivity contribution < 1.29 is 29.0 Å². The molecule has 2 atom stereocenters. The van der Waals surface area contributed by atoms with Crippen LogP contribution in [0.25, 0.3) is 0 Å². The highest BCUT2D eigenvalue weighted by molar-refractivity contribution is 6.13. The van der Waals surface area contributed by atoms with E-state index in [1.54, 1.807) is 13.8 Å². The van der Waals surface area contributed by atoms with Crippen molar-refractivity contribution in [3.05, 3.63) is 12.2 Å². The minimum absolute atomic E-state index is 0.00608. The van der Waals surface area contributed by atoms with E-state index in [9.17, 15) is 19.2 Å². The lowest BCUT2D eigenvalue weighted by Crippen LogP contribution is -2.41. The van der Waals surface area contributed by atoms with Crippen molar-refractivity contribution in [1.82, 2.24) is 4.90 Å². The molecule has 0 aliphatic carbocycles. The van der Waals surface area contributed by atoms with Crippen LogP contribution in [-0.2, 0) is 23.9 Å². The van der Waals surface area contributed by atoms with E-state index in [0.29, 0.717) is 6.42 Å². The van der Waals surface area contributed by atoms with Gasteiger partial charge < -0.3 is 9.84 Å². The first-order valence-corrected chi connectivity index (χ1v) is 6.74. The van der Waals surface area contributed by atoms with Crippen LogP contribution in [0.2, 0.25) is 0 Å². The van der Waals surface area contributed by atoms with Gasteiger partial charge in [-0.25, -0.2) is 0 Å². The number of carbonyl (C=O) groups excluding carboxylic acids is 3. The second-order valence-corrected chi connectivity index (χ2v) is 5.15. The SMILES string of the molecule is CC(CCC(=O)OCC(C)N1C(=O)C=CC1=O)CC(=O)O. The molecule has 0 aromatic carbocycles. The van der Waals surface area contributed by atoms with Crippen molar-refractivity contribution in [2.75, 3.05) is 6.61 Å². The third-order valence-corrected chi connectivity index (χ3v) is 3.13. The van der Waals surface area contributed by atoms with Crippen molar-refractivity contribution in [2.45, 2.75) is 39.2 Å². The molecular formula is C14H19NO6. The van der Waals surface area contributed by atoms with Gasteiger partial charge in [-0.2, -0.15) is 0 Å². The molecule has 0 saturated heterocycles. The standard InChI is InChI=1S/C14H19NO6/c1-9(7-13(18)19)3-6-14(20)21-8-10(2)15-11(16)4-5-12(15)17/h4-5,9-10H,3,6-8H2,1-2H3,(H,18,19). The van der Waals surface area contributed by atoms with E-state index in [2.05, 4.69) is 0 Å². The van der Waals surface area contributed by atoms with Crippen LogP contribution in [0, 0.1) is 5.92 Å². The smallest absolute Gasteiger partial charge is 0.305 e. The summed E-state index contributed by atoms with van der Waals surface area (Å²) in [7, 11) is 0. The number of ether oxygens (including phenoxy) is 1. The molecule has 1 N–H and O–H groups in total. The molecule has 0 radical (unpaired) electrons. The van der Waals surface area contributed by atoms with Gasteiger partial charge in [-0.15, -0.1) is 0 Å². The highest BCUT2D eigenvalue weighted by Crippen LogP contribution is 2.12. The first-order chi connectivity index (χ1) is 9.81. The molecular weight excluding hydrogens is 278 g/mol. The zero-order valence-corrected chi connectivity index (χ0v) is 12.1. The van der Waals surface area contributed by atoms with Crippen molar-refractivity contribution in [1.29, 1.82) is 0 Å². The zero-order chi connectivity index (χ0) is 16.0. The molecule has 2 amide bonds. The minimum atomic E-state index is -0.900. The number of carboxylic acid groups (broad SMARTS) is 1. The van der Waals surface area contributed by atoms with Gasteiger partial charge >= 0.3 is 11.9 Å². The number of imide groups is 1. The Kier molecular flexibility index (Phi) is 6.08. The summed E-state index contributed by atoms with van der Waals surface area (Å²) in [6.45, 7) is 3.30. The number of carbonyl (C=O) groups is 4. The quantitative estimate of drug-likeness (QED) is 0.523. The van der Waals surface area contributed by atoms with Gasteiger partial charge in [0.15, 0.2) is 0 Å². The lowest BCUT2D eigenvalue weighted by molar-refractivity contribution is -0.150. The van der Waals surface area contributed by atoms with Gasteiger partial charge in [-0.05, 0) is 19.3 Å². The van der Waals surface area contributed by atoms with Gasteiger partial charge in [0.25, 0.3) is 11.8 Å². The largest absolute Gasteiger partial charge is 0.481 e. The summed E-state index contributed by atoms with van der Waals surface area (Å²) in [6.07, 6.45) is 2.89. The molecule has 1 aliphatic rings. The number of aliphatic carboxylic acids is 1. The van der Waals surface area contributed by atoms with E-state index in [4.69, 9.17) is 9.84 Å². The normalized spacial score (nSPS) is 17.0. The maximum absolute atomic E-state index is 11.5. The summed E-state index contributed by atoms with van der Waals surface area (Å²) in [5.74, 6) is -2.31. The highest BCUT2D eigenvalue weighted by Gasteiger charge is 2.29. The lowest BCUT2D eigenvalue weighted by Gasteiger charge is -2.22. The van der Waals surface area contributed by atoms with Crippen LogP contribution in [0.1, 0.15) is 33.1 Å². The predicted molar refractivity (Wildman–Crippen MR) is 72.1 cm³/mol. The van der Waals surface area contributed by atoms with Gasteiger partial charge in [0, 0.05) is 25.0 Å². The van der Waals surface area contributed by atoms with Gasteiger partial charge in [0.1, 0.15) is 6.61 Å². The molecule has 2 unspecified atom stereocenters. The number of amides is 2. The maximum Gasteiger partial charge on any atom is 0.305 e. The number of carboxylic acids is 1. The molecule has 21 heavy (non-hydrogen) atoms. The molecule has 0 saturated carbocycles.